The van der Waals surface area contributed by atoms with Gasteiger partial charge in [0, 0.05) is 32.5 Å². The molecule has 2 fully saturated rings. The van der Waals surface area contributed by atoms with Crippen LogP contribution in [0, 0.1) is 11.8 Å². The van der Waals surface area contributed by atoms with Crippen molar-refractivity contribution in [3.05, 3.63) is 0 Å². The van der Waals surface area contributed by atoms with Crippen LogP contribution in [0.3, 0.4) is 0 Å². The highest BCUT2D eigenvalue weighted by Crippen LogP contribution is 2.24. The summed E-state index contributed by atoms with van der Waals surface area (Å²) in [5.74, 6) is 1.31. The lowest BCUT2D eigenvalue weighted by atomic mass is 9.85. The van der Waals surface area contributed by atoms with Crippen molar-refractivity contribution < 1.29 is 9.59 Å². The zero-order valence-electron chi connectivity index (χ0n) is 13.4. The normalized spacial score (nSPS) is 28.0. The third-order valence-electron chi connectivity index (χ3n) is 4.82. The number of nitrogens with one attached hydrogen (secondary N) is 2. The maximum Gasteiger partial charge on any atom is 0.222 e. The molecule has 2 rings (SSSR count). The molecule has 2 aliphatic heterocycles. The molecule has 0 aromatic carbocycles. The second kappa shape index (κ2) is 7.78. The average Bonchev–Trinajstić information content (AvgIpc) is 2.47. The second-order valence-corrected chi connectivity index (χ2v) is 6.67. The number of amides is 2. The number of carbonyl (C=O) groups is 2. The molecule has 0 aromatic heterocycles. The Hall–Kier alpha value is -1.10. The Morgan fingerprint density at radius 2 is 2.14 bits per heavy atom. The van der Waals surface area contributed by atoms with E-state index in [2.05, 4.69) is 17.6 Å². The third-order valence-corrected chi connectivity index (χ3v) is 4.82. The fourth-order valence-electron chi connectivity index (χ4n) is 3.54. The van der Waals surface area contributed by atoms with E-state index < -0.39 is 0 Å². The molecule has 0 spiro atoms. The number of hydrogen-bond donors (Lipinski definition) is 2. The van der Waals surface area contributed by atoms with E-state index in [4.69, 9.17) is 0 Å². The van der Waals surface area contributed by atoms with Crippen LogP contribution in [0.5, 0.6) is 0 Å². The summed E-state index contributed by atoms with van der Waals surface area (Å²) >= 11 is 0. The Balaban J connectivity index is 1.80. The van der Waals surface area contributed by atoms with Gasteiger partial charge in [-0.1, -0.05) is 6.92 Å². The van der Waals surface area contributed by atoms with Gasteiger partial charge < -0.3 is 15.5 Å². The molecule has 0 bridgehead atoms. The first-order valence-corrected chi connectivity index (χ1v) is 8.32. The van der Waals surface area contributed by atoms with Crippen LogP contribution in [-0.2, 0) is 9.59 Å². The topological polar surface area (TPSA) is 61.4 Å². The van der Waals surface area contributed by atoms with Gasteiger partial charge in [-0.25, -0.2) is 0 Å². The minimum atomic E-state index is -0.00375. The van der Waals surface area contributed by atoms with Crippen LogP contribution in [-0.4, -0.2) is 48.9 Å². The highest BCUT2D eigenvalue weighted by Gasteiger charge is 2.27. The average molecular weight is 295 g/mol. The predicted molar refractivity (Wildman–Crippen MR) is 82.8 cm³/mol. The van der Waals surface area contributed by atoms with Gasteiger partial charge in [-0.05, 0) is 50.6 Å². The van der Waals surface area contributed by atoms with Crippen LogP contribution in [0.15, 0.2) is 0 Å². The second-order valence-electron chi connectivity index (χ2n) is 6.67. The van der Waals surface area contributed by atoms with E-state index in [0.717, 1.165) is 32.5 Å². The number of hydrogen-bond acceptors (Lipinski definition) is 3. The fraction of sp³-hybridized carbons (Fsp3) is 0.875. The minimum absolute atomic E-state index is 0.00375. The lowest BCUT2D eigenvalue weighted by molar-refractivity contribution is -0.134. The summed E-state index contributed by atoms with van der Waals surface area (Å²) in [6, 6.07) is 0.131. The van der Waals surface area contributed by atoms with Gasteiger partial charge in [0.2, 0.25) is 11.8 Å². The molecule has 2 N–H and O–H groups in total. The van der Waals surface area contributed by atoms with Crippen LogP contribution >= 0.6 is 0 Å². The molecular weight excluding hydrogens is 266 g/mol. The van der Waals surface area contributed by atoms with E-state index >= 15 is 0 Å². The number of piperidine rings is 2. The zero-order valence-corrected chi connectivity index (χ0v) is 13.4. The standard InChI is InChI=1S/C16H29N3O2/c1-12(14-5-3-7-17-10-14)9-16(21)19-8-4-6-15(11-19)18-13(2)20/h12,14-15,17H,3-11H2,1-2H3,(H,18,20). The Morgan fingerprint density at radius 1 is 1.33 bits per heavy atom. The van der Waals surface area contributed by atoms with E-state index in [0.29, 0.717) is 24.8 Å². The van der Waals surface area contributed by atoms with Crippen molar-refractivity contribution >= 4 is 11.8 Å². The lowest BCUT2D eigenvalue weighted by Gasteiger charge is -2.35. The monoisotopic (exact) mass is 295 g/mol. The summed E-state index contributed by atoms with van der Waals surface area (Å²) < 4.78 is 0. The first-order chi connectivity index (χ1) is 10.1. The van der Waals surface area contributed by atoms with E-state index in [1.807, 2.05) is 4.90 Å². The molecule has 2 amide bonds. The highest BCUT2D eigenvalue weighted by molar-refractivity contribution is 5.77. The van der Waals surface area contributed by atoms with E-state index in [1.165, 1.54) is 12.8 Å². The Kier molecular flexibility index (Phi) is 6.03. The van der Waals surface area contributed by atoms with Crippen molar-refractivity contribution in [2.45, 2.75) is 52.0 Å². The van der Waals surface area contributed by atoms with Crippen molar-refractivity contribution in [3.63, 3.8) is 0 Å². The van der Waals surface area contributed by atoms with Crippen molar-refractivity contribution in [2.24, 2.45) is 11.8 Å². The molecule has 0 radical (unpaired) electrons. The van der Waals surface area contributed by atoms with Crippen LogP contribution in [0.2, 0.25) is 0 Å². The largest absolute Gasteiger partial charge is 0.352 e. The molecular formula is C16H29N3O2. The van der Waals surface area contributed by atoms with E-state index in [-0.39, 0.29) is 17.9 Å². The van der Waals surface area contributed by atoms with Gasteiger partial charge in [-0.3, -0.25) is 9.59 Å². The van der Waals surface area contributed by atoms with Gasteiger partial charge in [0.15, 0.2) is 0 Å². The molecule has 2 saturated heterocycles. The summed E-state index contributed by atoms with van der Waals surface area (Å²) in [5, 5.41) is 6.37. The van der Waals surface area contributed by atoms with Crippen molar-refractivity contribution in [3.8, 4) is 0 Å². The van der Waals surface area contributed by atoms with Crippen LogP contribution in [0.4, 0.5) is 0 Å². The molecule has 120 valence electrons. The first kappa shape index (κ1) is 16.3. The lowest BCUT2D eigenvalue weighted by Crippen LogP contribution is -2.49. The molecule has 3 unspecified atom stereocenters. The summed E-state index contributed by atoms with van der Waals surface area (Å²) in [5.41, 5.74) is 0. The molecule has 5 nitrogen and oxygen atoms in total. The van der Waals surface area contributed by atoms with Gasteiger partial charge in [-0.15, -0.1) is 0 Å². The number of likely N-dealkylation sites (tertiary alicyclic amines) is 1. The van der Waals surface area contributed by atoms with Crippen molar-refractivity contribution in [2.75, 3.05) is 26.2 Å². The number of nitrogens with zero attached hydrogens (tertiary/aromatic N) is 1. The van der Waals surface area contributed by atoms with E-state index in [1.54, 1.807) is 6.92 Å². The molecule has 0 saturated carbocycles. The van der Waals surface area contributed by atoms with Gasteiger partial charge in [0.25, 0.3) is 0 Å². The molecule has 0 aromatic rings. The fourth-order valence-corrected chi connectivity index (χ4v) is 3.54. The van der Waals surface area contributed by atoms with Crippen LogP contribution in [0.1, 0.15) is 46.0 Å². The predicted octanol–water partition coefficient (Wildman–Crippen LogP) is 1.14. The van der Waals surface area contributed by atoms with Crippen LogP contribution in [0.25, 0.3) is 0 Å². The van der Waals surface area contributed by atoms with Crippen LogP contribution < -0.4 is 10.6 Å². The summed E-state index contributed by atoms with van der Waals surface area (Å²) in [6.07, 6.45) is 5.05. The number of carbonyl (C=O) groups excluding carboxylic acids is 2. The number of rotatable bonds is 4. The van der Waals surface area contributed by atoms with Gasteiger partial charge >= 0.3 is 0 Å². The first-order valence-electron chi connectivity index (χ1n) is 8.32. The summed E-state index contributed by atoms with van der Waals surface area (Å²) in [4.78, 5) is 25.6. The maximum absolute atomic E-state index is 12.5. The zero-order chi connectivity index (χ0) is 15.2. The Bertz CT molecular complexity index is 367. The van der Waals surface area contributed by atoms with Gasteiger partial charge in [-0.2, -0.15) is 0 Å². The smallest absolute Gasteiger partial charge is 0.222 e. The molecule has 5 heteroatoms. The molecule has 21 heavy (non-hydrogen) atoms. The molecule has 2 aliphatic rings. The Morgan fingerprint density at radius 3 is 2.81 bits per heavy atom. The van der Waals surface area contributed by atoms with Crippen molar-refractivity contribution in [1.29, 1.82) is 0 Å². The molecule has 0 aliphatic carbocycles. The van der Waals surface area contributed by atoms with Gasteiger partial charge in [0.1, 0.15) is 0 Å². The summed E-state index contributed by atoms with van der Waals surface area (Å²) in [7, 11) is 0. The van der Waals surface area contributed by atoms with E-state index in [9.17, 15) is 9.59 Å². The Labute approximate surface area is 127 Å². The molecule has 2 heterocycles. The minimum Gasteiger partial charge on any atom is -0.352 e. The quantitative estimate of drug-likeness (QED) is 0.817. The summed E-state index contributed by atoms with van der Waals surface area (Å²) in [6.45, 7) is 7.41. The maximum atomic E-state index is 12.5. The SMILES string of the molecule is CC(=O)NC1CCCN(C(=O)CC(C)C2CCCNC2)C1. The third kappa shape index (κ3) is 4.99. The van der Waals surface area contributed by atoms with Gasteiger partial charge in [0.05, 0.1) is 0 Å². The highest BCUT2D eigenvalue weighted by atomic mass is 16.2. The van der Waals surface area contributed by atoms with Crippen molar-refractivity contribution in [1.82, 2.24) is 15.5 Å². The molecule has 3 atom stereocenters.